The Morgan fingerprint density at radius 1 is 1.12 bits per heavy atom. The van der Waals surface area contributed by atoms with Gasteiger partial charge >= 0.3 is 5.97 Å². The first-order chi connectivity index (χ1) is 11.4. The smallest absolute Gasteiger partial charge is 0.311 e. The van der Waals surface area contributed by atoms with Crippen molar-refractivity contribution in [2.75, 3.05) is 7.11 Å². The summed E-state index contributed by atoms with van der Waals surface area (Å²) < 4.78 is 11.1. The summed E-state index contributed by atoms with van der Waals surface area (Å²) in [5.41, 5.74) is 2.58. The third-order valence-electron chi connectivity index (χ3n) is 3.88. The largest absolute Gasteiger partial charge is 0.496 e. The van der Waals surface area contributed by atoms with Gasteiger partial charge < -0.3 is 14.6 Å². The number of aryl methyl sites for hydroxylation is 1. The van der Waals surface area contributed by atoms with E-state index >= 15 is 0 Å². The van der Waals surface area contributed by atoms with Crippen molar-refractivity contribution >= 4 is 5.97 Å². The summed E-state index contributed by atoms with van der Waals surface area (Å²) in [7, 11) is 1.61. The van der Waals surface area contributed by atoms with Crippen LogP contribution >= 0.6 is 0 Å². The van der Waals surface area contributed by atoms with Gasteiger partial charge in [0.25, 0.3) is 0 Å². The molecule has 0 aliphatic heterocycles. The number of carboxylic acids is 1. The second kappa shape index (κ2) is 7.86. The molecular formula is C20H24O4. The predicted octanol–water partition coefficient (Wildman–Crippen LogP) is 4.20. The van der Waals surface area contributed by atoms with E-state index in [0.29, 0.717) is 6.42 Å². The second-order valence-corrected chi connectivity index (χ2v) is 6.10. The molecule has 4 heteroatoms. The molecule has 2 rings (SSSR count). The predicted molar refractivity (Wildman–Crippen MR) is 94.0 cm³/mol. The molecule has 0 amide bonds. The molecule has 0 saturated carbocycles. The van der Waals surface area contributed by atoms with Crippen LogP contribution in [-0.4, -0.2) is 24.3 Å². The van der Waals surface area contributed by atoms with E-state index in [9.17, 15) is 9.90 Å². The van der Waals surface area contributed by atoms with E-state index in [-0.39, 0.29) is 6.10 Å². The average molecular weight is 328 g/mol. The summed E-state index contributed by atoms with van der Waals surface area (Å²) in [6.45, 7) is 5.83. The van der Waals surface area contributed by atoms with E-state index in [1.54, 1.807) is 7.11 Å². The van der Waals surface area contributed by atoms with Gasteiger partial charge in [0, 0.05) is 0 Å². The standard InChI is InChI=1S/C20H24O4/c1-13(2)24-19-8-6-5-7-16(19)12-17(20(21)22)15-9-10-18(23-4)14(3)11-15/h5-11,13,17H,12H2,1-4H3,(H,21,22). The van der Waals surface area contributed by atoms with Crippen molar-refractivity contribution in [2.24, 2.45) is 0 Å². The van der Waals surface area contributed by atoms with Gasteiger partial charge in [0.15, 0.2) is 0 Å². The lowest BCUT2D eigenvalue weighted by Crippen LogP contribution is -2.16. The van der Waals surface area contributed by atoms with Gasteiger partial charge in [-0.3, -0.25) is 4.79 Å². The molecule has 2 aromatic rings. The van der Waals surface area contributed by atoms with Crippen molar-refractivity contribution < 1.29 is 19.4 Å². The number of rotatable bonds is 7. The van der Waals surface area contributed by atoms with Crippen LogP contribution in [0.25, 0.3) is 0 Å². The molecule has 0 bridgehead atoms. The number of benzene rings is 2. The van der Waals surface area contributed by atoms with E-state index in [0.717, 1.165) is 28.2 Å². The Labute approximate surface area is 143 Å². The van der Waals surface area contributed by atoms with E-state index < -0.39 is 11.9 Å². The van der Waals surface area contributed by atoms with Crippen LogP contribution in [-0.2, 0) is 11.2 Å². The van der Waals surface area contributed by atoms with Gasteiger partial charge in [0.05, 0.1) is 19.1 Å². The zero-order valence-corrected chi connectivity index (χ0v) is 14.6. The molecule has 128 valence electrons. The Morgan fingerprint density at radius 2 is 1.83 bits per heavy atom. The Bertz CT molecular complexity index is 707. The lowest BCUT2D eigenvalue weighted by atomic mass is 9.90. The number of hydrogen-bond acceptors (Lipinski definition) is 3. The lowest BCUT2D eigenvalue weighted by Gasteiger charge is -2.18. The highest BCUT2D eigenvalue weighted by molar-refractivity contribution is 5.77. The quantitative estimate of drug-likeness (QED) is 0.827. The van der Waals surface area contributed by atoms with E-state index in [2.05, 4.69) is 0 Å². The molecule has 4 nitrogen and oxygen atoms in total. The van der Waals surface area contributed by atoms with Gasteiger partial charge in [0.1, 0.15) is 11.5 Å². The first-order valence-electron chi connectivity index (χ1n) is 8.04. The average Bonchev–Trinajstić information content (AvgIpc) is 2.53. The van der Waals surface area contributed by atoms with Crippen molar-refractivity contribution in [2.45, 2.75) is 39.2 Å². The maximum atomic E-state index is 11.8. The number of hydrogen-bond donors (Lipinski definition) is 1. The molecule has 0 saturated heterocycles. The summed E-state index contributed by atoms with van der Waals surface area (Å²) in [6.07, 6.45) is 0.418. The van der Waals surface area contributed by atoms with Crippen LogP contribution in [0.2, 0.25) is 0 Å². The molecule has 24 heavy (non-hydrogen) atoms. The fourth-order valence-corrected chi connectivity index (χ4v) is 2.73. The summed E-state index contributed by atoms with van der Waals surface area (Å²) in [4.78, 5) is 11.8. The van der Waals surface area contributed by atoms with Crippen LogP contribution in [0, 0.1) is 6.92 Å². The van der Waals surface area contributed by atoms with Gasteiger partial charge in [-0.2, -0.15) is 0 Å². The highest BCUT2D eigenvalue weighted by atomic mass is 16.5. The minimum atomic E-state index is -0.848. The summed E-state index contributed by atoms with van der Waals surface area (Å²) >= 11 is 0. The molecule has 0 aliphatic carbocycles. The number of ether oxygens (including phenoxy) is 2. The number of carboxylic acid groups (broad SMARTS) is 1. The Balaban J connectivity index is 2.33. The third kappa shape index (κ3) is 4.28. The van der Waals surface area contributed by atoms with Crippen LogP contribution in [0.3, 0.4) is 0 Å². The Kier molecular flexibility index (Phi) is 5.85. The van der Waals surface area contributed by atoms with Crippen molar-refractivity contribution in [1.29, 1.82) is 0 Å². The van der Waals surface area contributed by atoms with Crippen molar-refractivity contribution in [1.82, 2.24) is 0 Å². The van der Waals surface area contributed by atoms with Crippen LogP contribution in [0.5, 0.6) is 11.5 Å². The number of carbonyl (C=O) groups is 1. The van der Waals surface area contributed by atoms with Gasteiger partial charge in [-0.15, -0.1) is 0 Å². The van der Waals surface area contributed by atoms with Crippen molar-refractivity contribution in [3.05, 3.63) is 59.2 Å². The highest BCUT2D eigenvalue weighted by Gasteiger charge is 2.23. The zero-order chi connectivity index (χ0) is 17.7. The SMILES string of the molecule is COc1ccc(C(Cc2ccccc2OC(C)C)C(=O)O)cc1C. The second-order valence-electron chi connectivity index (χ2n) is 6.10. The van der Waals surface area contributed by atoms with Crippen LogP contribution in [0.1, 0.15) is 36.5 Å². The summed E-state index contributed by atoms with van der Waals surface area (Å²) in [6, 6.07) is 13.1. The summed E-state index contributed by atoms with van der Waals surface area (Å²) in [5, 5.41) is 9.71. The van der Waals surface area contributed by atoms with E-state index in [4.69, 9.17) is 9.47 Å². The number of aliphatic carboxylic acids is 1. The number of para-hydroxylation sites is 1. The minimum absolute atomic E-state index is 0.0395. The zero-order valence-electron chi connectivity index (χ0n) is 14.6. The fraction of sp³-hybridized carbons (Fsp3) is 0.350. The molecule has 1 unspecified atom stereocenters. The van der Waals surface area contributed by atoms with Crippen molar-refractivity contribution in [3.8, 4) is 11.5 Å². The maximum Gasteiger partial charge on any atom is 0.311 e. The lowest BCUT2D eigenvalue weighted by molar-refractivity contribution is -0.138. The van der Waals surface area contributed by atoms with E-state index in [1.807, 2.05) is 63.2 Å². The fourth-order valence-electron chi connectivity index (χ4n) is 2.73. The molecule has 0 aromatic heterocycles. The third-order valence-corrected chi connectivity index (χ3v) is 3.88. The van der Waals surface area contributed by atoms with Crippen LogP contribution < -0.4 is 9.47 Å². The molecule has 0 radical (unpaired) electrons. The van der Waals surface area contributed by atoms with Gasteiger partial charge in [-0.05, 0) is 56.0 Å². The molecule has 2 aromatic carbocycles. The highest BCUT2D eigenvalue weighted by Crippen LogP contribution is 2.30. The number of methoxy groups -OCH3 is 1. The molecule has 0 fully saturated rings. The molecule has 0 spiro atoms. The topological polar surface area (TPSA) is 55.8 Å². The molecule has 1 atom stereocenters. The van der Waals surface area contributed by atoms with Crippen molar-refractivity contribution in [3.63, 3.8) is 0 Å². The normalized spacial score (nSPS) is 12.0. The molecule has 0 heterocycles. The first-order valence-corrected chi connectivity index (χ1v) is 8.04. The van der Waals surface area contributed by atoms with Gasteiger partial charge in [-0.25, -0.2) is 0 Å². The Morgan fingerprint density at radius 3 is 2.42 bits per heavy atom. The van der Waals surface area contributed by atoms with Crippen LogP contribution in [0.4, 0.5) is 0 Å². The summed E-state index contributed by atoms with van der Waals surface area (Å²) in [5.74, 6) is 0.0147. The molecular weight excluding hydrogens is 304 g/mol. The van der Waals surface area contributed by atoms with Crippen LogP contribution in [0.15, 0.2) is 42.5 Å². The molecule has 0 aliphatic rings. The van der Waals surface area contributed by atoms with Gasteiger partial charge in [0.2, 0.25) is 0 Å². The maximum absolute atomic E-state index is 11.8. The Hall–Kier alpha value is -2.49. The van der Waals surface area contributed by atoms with Gasteiger partial charge in [-0.1, -0.05) is 30.3 Å². The monoisotopic (exact) mass is 328 g/mol. The molecule has 1 N–H and O–H groups in total. The minimum Gasteiger partial charge on any atom is -0.496 e. The first kappa shape index (κ1) is 17.9. The van der Waals surface area contributed by atoms with E-state index in [1.165, 1.54) is 0 Å².